The van der Waals surface area contributed by atoms with E-state index in [1.165, 1.54) is 6.92 Å². The summed E-state index contributed by atoms with van der Waals surface area (Å²) in [6, 6.07) is 6.96. The molecular formula is C15H22O6. The smallest absolute Gasteiger partial charge is 0.311 e. The second-order valence-corrected chi connectivity index (χ2v) is 5.02. The number of ether oxygens (including phenoxy) is 2. The molecule has 1 atom stereocenters. The van der Waals surface area contributed by atoms with Crippen molar-refractivity contribution in [2.75, 3.05) is 26.4 Å². The summed E-state index contributed by atoms with van der Waals surface area (Å²) in [5.74, 6) is 0.304. The number of aliphatic hydroxyl groups is 2. The van der Waals surface area contributed by atoms with Gasteiger partial charge >= 0.3 is 5.97 Å². The lowest BCUT2D eigenvalue weighted by Crippen LogP contribution is -2.31. The quantitative estimate of drug-likeness (QED) is 0.563. The van der Waals surface area contributed by atoms with Crippen LogP contribution in [0.2, 0.25) is 0 Å². The van der Waals surface area contributed by atoms with Crippen LogP contribution in [0.1, 0.15) is 19.8 Å². The predicted octanol–water partition coefficient (Wildman–Crippen LogP) is 1.30. The first-order chi connectivity index (χ1) is 10.0. The molecule has 0 aromatic heterocycles. The highest BCUT2D eigenvalue weighted by Gasteiger charge is 2.31. The van der Waals surface area contributed by atoms with Gasteiger partial charge < -0.3 is 24.8 Å². The number of hydrogen-bond acceptors (Lipinski definition) is 5. The molecule has 0 fully saturated rings. The highest BCUT2D eigenvalue weighted by Crippen LogP contribution is 2.23. The molecular weight excluding hydrogens is 276 g/mol. The summed E-state index contributed by atoms with van der Waals surface area (Å²) < 4.78 is 10.7. The first-order valence-corrected chi connectivity index (χ1v) is 6.82. The lowest BCUT2D eigenvalue weighted by Gasteiger charge is -2.21. The first kappa shape index (κ1) is 17.3. The number of aliphatic carboxylic acids is 1. The van der Waals surface area contributed by atoms with Crippen LogP contribution in [-0.4, -0.2) is 47.7 Å². The summed E-state index contributed by atoms with van der Waals surface area (Å²) in [7, 11) is 0. The van der Waals surface area contributed by atoms with Crippen molar-refractivity contribution < 1.29 is 29.6 Å². The number of carboxylic acid groups (broad SMARTS) is 1. The molecule has 3 N–H and O–H groups in total. The summed E-state index contributed by atoms with van der Waals surface area (Å²) in [6.45, 7) is 1.71. The van der Waals surface area contributed by atoms with E-state index in [4.69, 9.17) is 24.8 Å². The number of rotatable bonds is 10. The van der Waals surface area contributed by atoms with Crippen molar-refractivity contribution in [3.8, 4) is 11.5 Å². The minimum absolute atomic E-state index is 0.0363. The van der Waals surface area contributed by atoms with E-state index in [2.05, 4.69) is 0 Å². The molecule has 1 aromatic carbocycles. The molecule has 0 aliphatic rings. The highest BCUT2D eigenvalue weighted by atomic mass is 16.5. The Labute approximate surface area is 123 Å². The van der Waals surface area contributed by atoms with Gasteiger partial charge in [0.25, 0.3) is 0 Å². The Hall–Kier alpha value is -1.79. The third-order valence-corrected chi connectivity index (χ3v) is 3.19. The maximum Gasteiger partial charge on any atom is 0.311 e. The van der Waals surface area contributed by atoms with E-state index < -0.39 is 11.4 Å². The van der Waals surface area contributed by atoms with Gasteiger partial charge in [0, 0.05) is 0 Å². The van der Waals surface area contributed by atoms with Gasteiger partial charge in [0.2, 0.25) is 0 Å². The fraction of sp³-hybridized carbons (Fsp3) is 0.533. The molecule has 0 saturated heterocycles. The maximum atomic E-state index is 11.0. The monoisotopic (exact) mass is 298 g/mol. The van der Waals surface area contributed by atoms with Gasteiger partial charge in [-0.1, -0.05) is 0 Å². The molecule has 0 amide bonds. The Kier molecular flexibility index (Phi) is 6.98. The van der Waals surface area contributed by atoms with Crippen LogP contribution < -0.4 is 9.47 Å². The Balaban J connectivity index is 2.34. The molecule has 21 heavy (non-hydrogen) atoms. The Morgan fingerprint density at radius 2 is 1.62 bits per heavy atom. The minimum atomic E-state index is -1.12. The highest BCUT2D eigenvalue weighted by molar-refractivity contribution is 5.74. The van der Waals surface area contributed by atoms with Crippen LogP contribution in [-0.2, 0) is 4.79 Å². The standard InChI is InChI=1S/C15H22O6/c1-15(11-17,14(18)19)7-2-9-20-12-3-5-13(6-4-12)21-10-8-16/h3-6,16-17H,2,7-11H2,1H3,(H,18,19). The van der Waals surface area contributed by atoms with E-state index >= 15 is 0 Å². The Morgan fingerprint density at radius 1 is 1.10 bits per heavy atom. The summed E-state index contributed by atoms with van der Waals surface area (Å²) in [4.78, 5) is 11.0. The lowest BCUT2D eigenvalue weighted by molar-refractivity contribution is -0.150. The largest absolute Gasteiger partial charge is 0.494 e. The molecule has 6 nitrogen and oxygen atoms in total. The van der Waals surface area contributed by atoms with Crippen LogP contribution in [0.4, 0.5) is 0 Å². The van der Waals surface area contributed by atoms with Crippen molar-refractivity contribution in [2.45, 2.75) is 19.8 Å². The molecule has 1 aromatic rings. The number of carbonyl (C=O) groups is 1. The zero-order valence-electron chi connectivity index (χ0n) is 12.1. The van der Waals surface area contributed by atoms with Crippen molar-refractivity contribution in [2.24, 2.45) is 5.41 Å². The van der Waals surface area contributed by atoms with Crippen molar-refractivity contribution in [1.82, 2.24) is 0 Å². The van der Waals surface area contributed by atoms with E-state index in [9.17, 15) is 4.79 Å². The molecule has 0 saturated carbocycles. The van der Waals surface area contributed by atoms with Crippen molar-refractivity contribution in [1.29, 1.82) is 0 Å². The van der Waals surface area contributed by atoms with Crippen LogP contribution >= 0.6 is 0 Å². The van der Waals surface area contributed by atoms with Crippen molar-refractivity contribution >= 4 is 5.97 Å². The van der Waals surface area contributed by atoms with Gasteiger partial charge in [-0.15, -0.1) is 0 Å². The molecule has 1 unspecified atom stereocenters. The van der Waals surface area contributed by atoms with E-state index in [0.29, 0.717) is 30.9 Å². The average Bonchev–Trinajstić information content (AvgIpc) is 2.50. The summed E-state index contributed by atoms with van der Waals surface area (Å²) in [6.07, 6.45) is 0.878. The van der Waals surface area contributed by atoms with Gasteiger partial charge in [-0.25, -0.2) is 0 Å². The second-order valence-electron chi connectivity index (χ2n) is 5.02. The fourth-order valence-electron chi connectivity index (χ4n) is 1.70. The molecule has 0 bridgehead atoms. The summed E-state index contributed by atoms with van der Waals surface area (Å²) in [5.41, 5.74) is -1.12. The van der Waals surface area contributed by atoms with E-state index in [1.807, 2.05) is 0 Å². The number of hydrogen-bond donors (Lipinski definition) is 3. The second kappa shape index (κ2) is 8.49. The van der Waals surface area contributed by atoms with Crippen LogP contribution in [0.3, 0.4) is 0 Å². The Bertz CT molecular complexity index is 430. The molecule has 0 heterocycles. The van der Waals surface area contributed by atoms with Gasteiger partial charge in [-0.05, 0) is 44.0 Å². The molecule has 0 aliphatic carbocycles. The first-order valence-electron chi connectivity index (χ1n) is 6.82. The Morgan fingerprint density at radius 3 is 2.05 bits per heavy atom. The third kappa shape index (κ3) is 5.61. The van der Waals surface area contributed by atoms with Crippen LogP contribution in [0, 0.1) is 5.41 Å². The topological polar surface area (TPSA) is 96.2 Å². The minimum Gasteiger partial charge on any atom is -0.494 e. The number of aliphatic hydroxyl groups excluding tert-OH is 2. The summed E-state index contributed by atoms with van der Waals surface area (Å²) >= 11 is 0. The SMILES string of the molecule is CC(CO)(CCCOc1ccc(OCCO)cc1)C(=O)O. The van der Waals surface area contributed by atoms with Crippen LogP contribution in [0.15, 0.2) is 24.3 Å². The number of carboxylic acids is 1. The third-order valence-electron chi connectivity index (χ3n) is 3.19. The molecule has 0 aliphatic heterocycles. The lowest BCUT2D eigenvalue weighted by atomic mass is 9.87. The van der Waals surface area contributed by atoms with Crippen LogP contribution in [0.25, 0.3) is 0 Å². The van der Waals surface area contributed by atoms with E-state index in [0.717, 1.165) is 0 Å². The molecule has 6 heteroatoms. The molecule has 118 valence electrons. The van der Waals surface area contributed by atoms with E-state index in [-0.39, 0.29) is 19.8 Å². The zero-order chi connectivity index (χ0) is 15.7. The average molecular weight is 298 g/mol. The van der Waals surface area contributed by atoms with E-state index in [1.54, 1.807) is 24.3 Å². The van der Waals surface area contributed by atoms with Crippen LogP contribution in [0.5, 0.6) is 11.5 Å². The van der Waals surface area contributed by atoms with Crippen molar-refractivity contribution in [3.05, 3.63) is 24.3 Å². The normalized spacial score (nSPS) is 13.5. The molecule has 0 spiro atoms. The summed E-state index contributed by atoms with van der Waals surface area (Å²) in [5, 5.41) is 26.8. The fourth-order valence-corrected chi connectivity index (χ4v) is 1.70. The molecule has 0 radical (unpaired) electrons. The van der Waals surface area contributed by atoms with Gasteiger partial charge in [-0.3, -0.25) is 4.79 Å². The van der Waals surface area contributed by atoms with Gasteiger partial charge in [0.1, 0.15) is 18.1 Å². The zero-order valence-corrected chi connectivity index (χ0v) is 12.1. The number of benzene rings is 1. The van der Waals surface area contributed by atoms with Gasteiger partial charge in [-0.2, -0.15) is 0 Å². The maximum absolute atomic E-state index is 11.0. The predicted molar refractivity (Wildman–Crippen MR) is 76.6 cm³/mol. The van der Waals surface area contributed by atoms with Gasteiger partial charge in [0.05, 0.1) is 25.2 Å². The molecule has 1 rings (SSSR count). The van der Waals surface area contributed by atoms with Gasteiger partial charge in [0.15, 0.2) is 0 Å². The van der Waals surface area contributed by atoms with Crippen molar-refractivity contribution in [3.63, 3.8) is 0 Å².